The van der Waals surface area contributed by atoms with Crippen LogP contribution in [0.3, 0.4) is 0 Å². The zero-order valence-electron chi connectivity index (χ0n) is 9.89. The van der Waals surface area contributed by atoms with Crippen LogP contribution in [0, 0.1) is 10.1 Å². The summed E-state index contributed by atoms with van der Waals surface area (Å²) < 4.78 is 6.32. The Bertz CT molecular complexity index is 459. The van der Waals surface area contributed by atoms with E-state index in [1.54, 1.807) is 12.1 Å². The Balaban J connectivity index is 2.12. The molecule has 0 bridgehead atoms. The van der Waals surface area contributed by atoms with Gasteiger partial charge in [-0.2, -0.15) is 0 Å². The van der Waals surface area contributed by atoms with E-state index in [2.05, 4.69) is 15.9 Å². The highest BCUT2D eigenvalue weighted by atomic mass is 79.9. The first-order chi connectivity index (χ1) is 8.50. The fourth-order valence-corrected chi connectivity index (χ4v) is 2.54. The minimum atomic E-state index is -0.445. The third-order valence-electron chi connectivity index (χ3n) is 3.23. The molecule has 0 amide bonds. The molecule has 6 heteroatoms. The van der Waals surface area contributed by atoms with E-state index in [1.165, 1.54) is 6.07 Å². The maximum Gasteiger partial charge on any atom is 0.310 e. The van der Waals surface area contributed by atoms with Crippen molar-refractivity contribution in [3.8, 4) is 5.75 Å². The molecule has 98 valence electrons. The van der Waals surface area contributed by atoms with Gasteiger partial charge in [0, 0.05) is 16.6 Å². The predicted molar refractivity (Wildman–Crippen MR) is 71.7 cm³/mol. The highest BCUT2D eigenvalue weighted by Gasteiger charge is 2.31. The first kappa shape index (κ1) is 13.3. The van der Waals surface area contributed by atoms with Crippen LogP contribution in [0.4, 0.5) is 5.69 Å². The van der Waals surface area contributed by atoms with Crippen LogP contribution in [-0.4, -0.2) is 17.1 Å². The Morgan fingerprint density at radius 3 is 2.72 bits per heavy atom. The van der Waals surface area contributed by atoms with Gasteiger partial charge in [0.1, 0.15) is 6.61 Å². The highest BCUT2D eigenvalue weighted by Crippen LogP contribution is 2.33. The third kappa shape index (κ3) is 3.00. The molecule has 1 aliphatic rings. The Hall–Kier alpha value is -1.14. The summed E-state index contributed by atoms with van der Waals surface area (Å²) in [6.45, 7) is 0.324. The van der Waals surface area contributed by atoms with E-state index in [0.717, 1.165) is 30.2 Å². The minimum absolute atomic E-state index is 0.0280. The summed E-state index contributed by atoms with van der Waals surface area (Å²) in [4.78, 5) is 10.4. The second-order valence-electron chi connectivity index (χ2n) is 4.73. The molecule has 1 fully saturated rings. The molecule has 1 aliphatic carbocycles. The quantitative estimate of drug-likeness (QED) is 0.684. The van der Waals surface area contributed by atoms with E-state index in [0.29, 0.717) is 6.61 Å². The van der Waals surface area contributed by atoms with Crippen LogP contribution < -0.4 is 10.5 Å². The Kier molecular flexibility index (Phi) is 3.87. The van der Waals surface area contributed by atoms with Crippen molar-refractivity contribution < 1.29 is 9.66 Å². The number of hydrogen-bond acceptors (Lipinski definition) is 4. The van der Waals surface area contributed by atoms with Crippen LogP contribution >= 0.6 is 15.9 Å². The lowest BCUT2D eigenvalue weighted by atomic mass is 10.0. The second-order valence-corrected chi connectivity index (χ2v) is 5.64. The standard InChI is InChI=1S/C12H15BrN2O3/c13-9-3-4-10(15(16)17)11(7-9)18-8-12(14)5-1-2-6-12/h3-4,7H,1-2,5-6,8,14H2. The maximum absolute atomic E-state index is 10.9. The molecule has 0 spiro atoms. The molecule has 1 aromatic carbocycles. The van der Waals surface area contributed by atoms with Gasteiger partial charge in [-0.15, -0.1) is 0 Å². The van der Waals surface area contributed by atoms with Crippen molar-refractivity contribution in [2.75, 3.05) is 6.61 Å². The van der Waals surface area contributed by atoms with Gasteiger partial charge in [0.2, 0.25) is 0 Å². The lowest BCUT2D eigenvalue weighted by molar-refractivity contribution is -0.385. The lowest BCUT2D eigenvalue weighted by Crippen LogP contribution is -2.42. The van der Waals surface area contributed by atoms with E-state index >= 15 is 0 Å². The summed E-state index contributed by atoms with van der Waals surface area (Å²) in [5, 5.41) is 10.9. The number of benzene rings is 1. The third-order valence-corrected chi connectivity index (χ3v) is 3.73. The van der Waals surface area contributed by atoms with Crippen molar-refractivity contribution in [1.82, 2.24) is 0 Å². The van der Waals surface area contributed by atoms with Gasteiger partial charge in [0.05, 0.1) is 10.5 Å². The molecule has 18 heavy (non-hydrogen) atoms. The number of nitro groups is 1. The Morgan fingerprint density at radius 2 is 2.11 bits per heavy atom. The van der Waals surface area contributed by atoms with Gasteiger partial charge in [0.15, 0.2) is 5.75 Å². The molecule has 0 saturated heterocycles. The molecule has 5 nitrogen and oxygen atoms in total. The zero-order valence-corrected chi connectivity index (χ0v) is 11.5. The van der Waals surface area contributed by atoms with E-state index in [9.17, 15) is 10.1 Å². The van der Waals surface area contributed by atoms with Crippen LogP contribution in [0.15, 0.2) is 22.7 Å². The van der Waals surface area contributed by atoms with E-state index in [-0.39, 0.29) is 17.0 Å². The molecule has 0 radical (unpaired) electrons. The lowest BCUT2D eigenvalue weighted by Gasteiger charge is -2.23. The summed E-state index contributed by atoms with van der Waals surface area (Å²) in [5.74, 6) is 0.270. The van der Waals surface area contributed by atoms with Crippen molar-refractivity contribution >= 4 is 21.6 Å². The van der Waals surface area contributed by atoms with E-state index < -0.39 is 4.92 Å². The van der Waals surface area contributed by atoms with Gasteiger partial charge in [-0.25, -0.2) is 0 Å². The molecule has 0 unspecified atom stereocenters. The topological polar surface area (TPSA) is 78.4 Å². The maximum atomic E-state index is 10.9. The van der Waals surface area contributed by atoms with Crippen molar-refractivity contribution in [2.45, 2.75) is 31.2 Å². The largest absolute Gasteiger partial charge is 0.485 e. The molecule has 0 heterocycles. The number of nitrogens with zero attached hydrogens (tertiary/aromatic N) is 1. The smallest absolute Gasteiger partial charge is 0.310 e. The minimum Gasteiger partial charge on any atom is -0.485 e. The molecule has 1 aromatic rings. The number of rotatable bonds is 4. The van der Waals surface area contributed by atoms with Crippen LogP contribution in [0.5, 0.6) is 5.75 Å². The van der Waals surface area contributed by atoms with Gasteiger partial charge in [0.25, 0.3) is 0 Å². The average Bonchev–Trinajstić information content (AvgIpc) is 2.74. The van der Waals surface area contributed by atoms with E-state index in [4.69, 9.17) is 10.5 Å². The SMILES string of the molecule is NC1(COc2cc(Br)ccc2[N+](=O)[O-])CCCC1. The van der Waals surface area contributed by atoms with Crippen molar-refractivity contribution in [3.63, 3.8) is 0 Å². The first-order valence-electron chi connectivity index (χ1n) is 5.86. The average molecular weight is 315 g/mol. The monoisotopic (exact) mass is 314 g/mol. The van der Waals surface area contributed by atoms with Crippen LogP contribution in [0.2, 0.25) is 0 Å². The van der Waals surface area contributed by atoms with Crippen LogP contribution in [-0.2, 0) is 0 Å². The Labute approximate surface area is 114 Å². The van der Waals surface area contributed by atoms with Gasteiger partial charge in [-0.3, -0.25) is 10.1 Å². The Morgan fingerprint density at radius 1 is 1.44 bits per heavy atom. The second kappa shape index (κ2) is 5.24. The van der Waals surface area contributed by atoms with Crippen LogP contribution in [0.25, 0.3) is 0 Å². The van der Waals surface area contributed by atoms with Crippen molar-refractivity contribution in [3.05, 3.63) is 32.8 Å². The van der Waals surface area contributed by atoms with Crippen molar-refractivity contribution in [1.29, 1.82) is 0 Å². The van der Waals surface area contributed by atoms with Gasteiger partial charge in [-0.1, -0.05) is 28.8 Å². The summed E-state index contributed by atoms with van der Waals surface area (Å²) in [6.07, 6.45) is 4.02. The zero-order chi connectivity index (χ0) is 13.2. The normalized spacial score (nSPS) is 17.7. The van der Waals surface area contributed by atoms with Crippen LogP contribution in [0.1, 0.15) is 25.7 Å². The van der Waals surface area contributed by atoms with Gasteiger partial charge >= 0.3 is 5.69 Å². The molecule has 2 rings (SSSR count). The van der Waals surface area contributed by atoms with Gasteiger partial charge < -0.3 is 10.5 Å². The molecule has 2 N–H and O–H groups in total. The fraction of sp³-hybridized carbons (Fsp3) is 0.500. The summed E-state index contributed by atoms with van der Waals surface area (Å²) >= 11 is 3.28. The van der Waals surface area contributed by atoms with Gasteiger partial charge in [-0.05, 0) is 18.9 Å². The number of hydrogen-bond donors (Lipinski definition) is 1. The first-order valence-corrected chi connectivity index (χ1v) is 6.65. The summed E-state index contributed by atoms with van der Waals surface area (Å²) in [5.41, 5.74) is 5.80. The number of nitrogens with two attached hydrogens (primary N) is 1. The fourth-order valence-electron chi connectivity index (χ4n) is 2.20. The molecule has 0 atom stereocenters. The molecule has 0 aromatic heterocycles. The summed E-state index contributed by atoms with van der Waals surface area (Å²) in [7, 11) is 0. The van der Waals surface area contributed by atoms with Crippen molar-refractivity contribution in [2.24, 2.45) is 5.73 Å². The number of ether oxygens (including phenoxy) is 1. The molecule has 0 aliphatic heterocycles. The predicted octanol–water partition coefficient (Wildman–Crippen LogP) is 3.01. The number of halogens is 1. The molecule has 1 saturated carbocycles. The highest BCUT2D eigenvalue weighted by molar-refractivity contribution is 9.10. The molecular formula is C12H15BrN2O3. The molecular weight excluding hydrogens is 300 g/mol. The number of nitro benzene ring substituents is 1. The summed E-state index contributed by atoms with van der Waals surface area (Å²) in [6, 6.07) is 4.66. The van der Waals surface area contributed by atoms with E-state index in [1.807, 2.05) is 0 Å².